The first-order valence-corrected chi connectivity index (χ1v) is 6.12. The van der Waals surface area contributed by atoms with Gasteiger partial charge >= 0.3 is 0 Å². The second-order valence-electron chi connectivity index (χ2n) is 4.35. The van der Waals surface area contributed by atoms with E-state index in [1.54, 1.807) is 42.5 Å². The molecule has 0 saturated heterocycles. The Morgan fingerprint density at radius 1 is 0.950 bits per heavy atom. The van der Waals surface area contributed by atoms with Crippen molar-refractivity contribution in [3.63, 3.8) is 0 Å². The van der Waals surface area contributed by atoms with E-state index >= 15 is 0 Å². The monoisotopic (exact) mass is 272 g/mol. The van der Waals surface area contributed by atoms with E-state index in [2.05, 4.69) is 0 Å². The van der Waals surface area contributed by atoms with Crippen molar-refractivity contribution in [2.24, 2.45) is 0 Å². The van der Waals surface area contributed by atoms with E-state index in [1.807, 2.05) is 6.07 Å². The van der Waals surface area contributed by atoms with Gasteiger partial charge in [-0.3, -0.25) is 4.79 Å². The predicted octanol–water partition coefficient (Wildman–Crippen LogP) is 2.14. The summed E-state index contributed by atoms with van der Waals surface area (Å²) in [5, 5.41) is 10.7. The molecule has 4 heteroatoms. The first-order chi connectivity index (χ1) is 9.63. The Morgan fingerprint density at radius 2 is 1.50 bits per heavy atom. The minimum atomic E-state index is -1.73. The Balaban J connectivity index is 2.59. The van der Waals surface area contributed by atoms with Crippen LogP contribution in [0.15, 0.2) is 48.5 Å². The van der Waals surface area contributed by atoms with Gasteiger partial charge in [-0.25, -0.2) is 0 Å². The summed E-state index contributed by atoms with van der Waals surface area (Å²) in [5.74, 6) is 1.02. The summed E-state index contributed by atoms with van der Waals surface area (Å²) >= 11 is 0. The topological polar surface area (TPSA) is 55.8 Å². The quantitative estimate of drug-likeness (QED) is 0.847. The molecule has 0 bridgehead atoms. The summed E-state index contributed by atoms with van der Waals surface area (Å²) in [5.41, 5.74) is -0.844. The Morgan fingerprint density at radius 3 is 1.95 bits per heavy atom. The summed E-state index contributed by atoms with van der Waals surface area (Å²) in [6.45, 7) is 0. The fourth-order valence-electron chi connectivity index (χ4n) is 2.02. The minimum absolute atomic E-state index is 0.398. The van der Waals surface area contributed by atoms with Gasteiger partial charge in [0.1, 0.15) is 11.5 Å². The van der Waals surface area contributed by atoms with E-state index in [4.69, 9.17) is 9.47 Å². The first kappa shape index (κ1) is 14.1. The minimum Gasteiger partial charge on any atom is -0.497 e. The van der Waals surface area contributed by atoms with E-state index in [9.17, 15) is 9.90 Å². The van der Waals surface area contributed by atoms with Gasteiger partial charge in [0.05, 0.1) is 14.2 Å². The zero-order valence-corrected chi connectivity index (χ0v) is 11.4. The van der Waals surface area contributed by atoms with Gasteiger partial charge in [0.25, 0.3) is 0 Å². The standard InChI is InChI=1S/C16H16O4/c1-19-14-8-13(9-15(10-14)20-2)16(18,11-17)12-6-4-3-5-7-12/h3-11,18H,1-2H3. The van der Waals surface area contributed by atoms with Crippen LogP contribution in [0.25, 0.3) is 0 Å². The largest absolute Gasteiger partial charge is 0.497 e. The van der Waals surface area contributed by atoms with E-state index in [-0.39, 0.29) is 0 Å². The molecule has 2 rings (SSSR count). The lowest BCUT2D eigenvalue weighted by Gasteiger charge is -2.23. The van der Waals surface area contributed by atoms with Gasteiger partial charge in [-0.2, -0.15) is 0 Å². The molecule has 104 valence electrons. The Bertz CT molecular complexity index is 572. The molecule has 20 heavy (non-hydrogen) atoms. The molecule has 0 saturated carbocycles. The van der Waals surface area contributed by atoms with Crippen LogP contribution in [0.5, 0.6) is 11.5 Å². The molecule has 0 aliphatic rings. The summed E-state index contributed by atoms with van der Waals surface area (Å²) in [7, 11) is 3.03. The lowest BCUT2D eigenvalue weighted by molar-refractivity contribution is -0.121. The fraction of sp³-hybridized carbons (Fsp3) is 0.188. The average molecular weight is 272 g/mol. The van der Waals surface area contributed by atoms with Crippen molar-refractivity contribution in [1.29, 1.82) is 0 Å². The van der Waals surface area contributed by atoms with Gasteiger partial charge in [-0.05, 0) is 17.7 Å². The number of rotatable bonds is 5. The van der Waals surface area contributed by atoms with Crippen LogP contribution in [0.1, 0.15) is 11.1 Å². The van der Waals surface area contributed by atoms with E-state index in [1.165, 1.54) is 14.2 Å². The molecule has 1 atom stereocenters. The average Bonchev–Trinajstić information content (AvgIpc) is 2.54. The van der Waals surface area contributed by atoms with Crippen LogP contribution in [0, 0.1) is 0 Å². The Kier molecular flexibility index (Phi) is 4.05. The lowest BCUT2D eigenvalue weighted by Crippen LogP contribution is -2.29. The third-order valence-corrected chi connectivity index (χ3v) is 3.18. The SMILES string of the molecule is COc1cc(OC)cc(C(O)(C=O)c2ccccc2)c1. The number of hydrogen-bond acceptors (Lipinski definition) is 4. The zero-order valence-electron chi connectivity index (χ0n) is 11.4. The molecular formula is C16H16O4. The van der Waals surface area contributed by atoms with Gasteiger partial charge < -0.3 is 14.6 Å². The zero-order chi connectivity index (χ0) is 14.6. The maximum Gasteiger partial charge on any atom is 0.170 e. The van der Waals surface area contributed by atoms with Crippen LogP contribution in [0.3, 0.4) is 0 Å². The van der Waals surface area contributed by atoms with E-state index < -0.39 is 5.60 Å². The summed E-state index contributed by atoms with van der Waals surface area (Å²) in [4.78, 5) is 11.5. The van der Waals surface area contributed by atoms with Crippen molar-refractivity contribution < 1.29 is 19.4 Å². The van der Waals surface area contributed by atoms with Gasteiger partial charge in [0.15, 0.2) is 11.9 Å². The molecule has 0 amide bonds. The number of ether oxygens (including phenoxy) is 2. The highest BCUT2D eigenvalue weighted by molar-refractivity contribution is 5.73. The highest BCUT2D eigenvalue weighted by atomic mass is 16.5. The summed E-state index contributed by atoms with van der Waals surface area (Å²) < 4.78 is 10.3. The number of hydrogen-bond donors (Lipinski definition) is 1. The number of methoxy groups -OCH3 is 2. The van der Waals surface area contributed by atoms with Crippen molar-refractivity contribution >= 4 is 6.29 Å². The maximum atomic E-state index is 11.5. The number of carbonyl (C=O) groups excluding carboxylic acids is 1. The van der Waals surface area contributed by atoms with Crippen molar-refractivity contribution in [3.8, 4) is 11.5 Å². The second-order valence-corrected chi connectivity index (χ2v) is 4.35. The van der Waals surface area contributed by atoms with Crippen molar-refractivity contribution in [1.82, 2.24) is 0 Å². The molecule has 0 aliphatic carbocycles. The van der Waals surface area contributed by atoms with Crippen LogP contribution in [-0.4, -0.2) is 25.6 Å². The molecule has 1 N–H and O–H groups in total. The maximum absolute atomic E-state index is 11.5. The van der Waals surface area contributed by atoms with Crippen LogP contribution >= 0.6 is 0 Å². The molecule has 0 fully saturated rings. The Hall–Kier alpha value is -2.33. The fourth-order valence-corrected chi connectivity index (χ4v) is 2.02. The van der Waals surface area contributed by atoms with Crippen LogP contribution < -0.4 is 9.47 Å². The molecule has 0 spiro atoms. The number of aliphatic hydroxyl groups is 1. The van der Waals surface area contributed by atoms with Crippen LogP contribution in [-0.2, 0) is 10.4 Å². The highest BCUT2D eigenvalue weighted by Crippen LogP contribution is 2.33. The van der Waals surface area contributed by atoms with Gasteiger partial charge in [0, 0.05) is 11.6 Å². The number of benzene rings is 2. The molecule has 2 aromatic carbocycles. The molecule has 4 nitrogen and oxygen atoms in total. The van der Waals surface area contributed by atoms with Crippen molar-refractivity contribution in [2.45, 2.75) is 5.60 Å². The summed E-state index contributed by atoms with van der Waals surface area (Å²) in [6.07, 6.45) is 0.510. The van der Waals surface area contributed by atoms with E-state index in [0.29, 0.717) is 28.9 Å². The third kappa shape index (κ3) is 2.51. The molecule has 2 aromatic rings. The summed E-state index contributed by atoms with van der Waals surface area (Å²) in [6, 6.07) is 13.7. The Labute approximate surface area is 117 Å². The predicted molar refractivity (Wildman–Crippen MR) is 75.1 cm³/mol. The second kappa shape index (κ2) is 5.75. The third-order valence-electron chi connectivity index (χ3n) is 3.18. The first-order valence-electron chi connectivity index (χ1n) is 6.12. The lowest BCUT2D eigenvalue weighted by atomic mass is 9.87. The van der Waals surface area contributed by atoms with Gasteiger partial charge in [-0.1, -0.05) is 30.3 Å². The van der Waals surface area contributed by atoms with Crippen LogP contribution in [0.2, 0.25) is 0 Å². The molecule has 0 radical (unpaired) electrons. The molecule has 0 aliphatic heterocycles. The number of carbonyl (C=O) groups is 1. The smallest absolute Gasteiger partial charge is 0.170 e. The van der Waals surface area contributed by atoms with Gasteiger partial charge in [-0.15, -0.1) is 0 Å². The van der Waals surface area contributed by atoms with Crippen molar-refractivity contribution in [3.05, 3.63) is 59.7 Å². The van der Waals surface area contributed by atoms with Crippen molar-refractivity contribution in [2.75, 3.05) is 14.2 Å². The number of aldehydes is 1. The van der Waals surface area contributed by atoms with Gasteiger partial charge in [0.2, 0.25) is 0 Å². The molecule has 0 heterocycles. The molecule has 0 aromatic heterocycles. The molecular weight excluding hydrogens is 256 g/mol. The normalized spacial score (nSPS) is 13.3. The van der Waals surface area contributed by atoms with E-state index in [0.717, 1.165) is 0 Å². The highest BCUT2D eigenvalue weighted by Gasteiger charge is 2.32. The molecule has 1 unspecified atom stereocenters. The van der Waals surface area contributed by atoms with Crippen LogP contribution in [0.4, 0.5) is 0 Å².